The van der Waals surface area contributed by atoms with E-state index in [9.17, 15) is 9.18 Å². The van der Waals surface area contributed by atoms with E-state index in [2.05, 4.69) is 21.7 Å². The van der Waals surface area contributed by atoms with Crippen molar-refractivity contribution in [2.45, 2.75) is 58.0 Å². The summed E-state index contributed by atoms with van der Waals surface area (Å²) in [5.74, 6) is 0.724. The maximum Gasteiger partial charge on any atom is 0.192 e. The van der Waals surface area contributed by atoms with E-state index >= 15 is 0 Å². The summed E-state index contributed by atoms with van der Waals surface area (Å²) in [5, 5.41) is 9.38. The van der Waals surface area contributed by atoms with Crippen LogP contribution >= 0.6 is 11.8 Å². The summed E-state index contributed by atoms with van der Waals surface area (Å²) in [6.07, 6.45) is 2.11. The Morgan fingerprint density at radius 2 is 2.00 bits per heavy atom. The lowest BCUT2D eigenvalue weighted by atomic mass is 10.2. The number of carbonyl (C=O) groups is 1. The molecule has 31 heavy (non-hydrogen) atoms. The first-order chi connectivity index (χ1) is 15.0. The highest BCUT2D eigenvalue weighted by atomic mass is 32.2. The normalized spacial score (nSPS) is 16.2. The molecule has 0 bridgehead atoms. The van der Waals surface area contributed by atoms with E-state index in [1.807, 2.05) is 24.5 Å². The van der Waals surface area contributed by atoms with Gasteiger partial charge in [0.2, 0.25) is 0 Å². The van der Waals surface area contributed by atoms with Crippen molar-refractivity contribution in [3.8, 4) is 11.4 Å². The number of Topliss-reactive ketones (excluding diaryl/α,β-unsaturated/α-hetero) is 1. The van der Waals surface area contributed by atoms with Gasteiger partial charge in [0.25, 0.3) is 0 Å². The fraction of sp³-hybridized carbons (Fsp3) is 0.435. The van der Waals surface area contributed by atoms with Crippen LogP contribution in [0.15, 0.2) is 35.5 Å². The van der Waals surface area contributed by atoms with Gasteiger partial charge in [-0.1, -0.05) is 11.8 Å². The van der Waals surface area contributed by atoms with Gasteiger partial charge in [0.1, 0.15) is 5.82 Å². The molecule has 0 radical (unpaired) electrons. The second kappa shape index (κ2) is 9.36. The highest BCUT2D eigenvalue weighted by molar-refractivity contribution is 7.99. The van der Waals surface area contributed by atoms with E-state index in [-0.39, 0.29) is 23.5 Å². The molecule has 0 aliphatic carbocycles. The summed E-state index contributed by atoms with van der Waals surface area (Å²) >= 11 is 1.38. The summed E-state index contributed by atoms with van der Waals surface area (Å²) in [4.78, 5) is 12.9. The summed E-state index contributed by atoms with van der Waals surface area (Å²) in [6.45, 7) is 8.30. The molecule has 3 aromatic rings. The van der Waals surface area contributed by atoms with Crippen molar-refractivity contribution in [1.82, 2.24) is 19.3 Å². The van der Waals surface area contributed by atoms with Gasteiger partial charge in [-0.2, -0.15) is 0 Å². The number of thioether (sulfide) groups is 1. The molecule has 0 saturated carbocycles. The van der Waals surface area contributed by atoms with E-state index in [4.69, 9.17) is 4.74 Å². The van der Waals surface area contributed by atoms with Crippen LogP contribution < -0.4 is 0 Å². The minimum atomic E-state index is -0.293. The van der Waals surface area contributed by atoms with E-state index in [1.54, 1.807) is 12.1 Å². The summed E-state index contributed by atoms with van der Waals surface area (Å²) < 4.78 is 23.3. The number of hydrogen-bond acceptors (Lipinski definition) is 5. The van der Waals surface area contributed by atoms with Crippen molar-refractivity contribution in [2.24, 2.45) is 0 Å². The molecule has 1 aliphatic rings. The van der Waals surface area contributed by atoms with Crippen LogP contribution in [0.25, 0.3) is 11.4 Å². The van der Waals surface area contributed by atoms with Crippen LogP contribution in [-0.4, -0.2) is 43.6 Å². The number of carbonyl (C=O) groups excluding carboxylic acids is 1. The largest absolute Gasteiger partial charge is 0.376 e. The Hall–Kier alpha value is -2.45. The zero-order chi connectivity index (χ0) is 22.0. The van der Waals surface area contributed by atoms with Gasteiger partial charge in [-0.25, -0.2) is 4.39 Å². The van der Waals surface area contributed by atoms with Crippen LogP contribution in [0.3, 0.4) is 0 Å². The molecule has 1 atom stereocenters. The number of nitrogens with zero attached hydrogens (tertiary/aromatic N) is 4. The van der Waals surface area contributed by atoms with Crippen LogP contribution in [0, 0.1) is 19.7 Å². The quantitative estimate of drug-likeness (QED) is 0.375. The molecule has 1 saturated heterocycles. The molecule has 8 heteroatoms. The minimum Gasteiger partial charge on any atom is -0.376 e. The summed E-state index contributed by atoms with van der Waals surface area (Å²) in [6, 6.07) is 8.19. The standard InChI is InChI=1S/C23H27FN4O2S/c1-4-27-15(2)12-20(16(27)3)21(29)14-31-23-26-25-22(17-7-9-18(24)10-8-17)28(23)13-19-6-5-11-30-19/h7-10,12,19H,4-6,11,13-14H2,1-3H3. The lowest BCUT2D eigenvalue weighted by Crippen LogP contribution is -2.17. The van der Waals surface area contributed by atoms with Crippen LogP contribution in [0.2, 0.25) is 0 Å². The number of halogens is 1. The van der Waals surface area contributed by atoms with Gasteiger partial charge in [0.15, 0.2) is 16.8 Å². The van der Waals surface area contributed by atoms with E-state index < -0.39 is 0 Å². The fourth-order valence-corrected chi connectivity index (χ4v) is 4.97. The van der Waals surface area contributed by atoms with Gasteiger partial charge >= 0.3 is 0 Å². The zero-order valence-corrected chi connectivity index (χ0v) is 18.9. The van der Waals surface area contributed by atoms with Gasteiger partial charge < -0.3 is 9.30 Å². The number of benzene rings is 1. The third kappa shape index (κ3) is 4.60. The molecule has 1 fully saturated rings. The number of hydrogen-bond donors (Lipinski definition) is 0. The highest BCUT2D eigenvalue weighted by Crippen LogP contribution is 2.28. The lowest BCUT2D eigenvalue weighted by molar-refractivity contribution is 0.0953. The van der Waals surface area contributed by atoms with E-state index in [0.29, 0.717) is 17.5 Å². The first-order valence-electron chi connectivity index (χ1n) is 10.6. The molecule has 1 unspecified atom stereocenters. The van der Waals surface area contributed by atoms with Crippen molar-refractivity contribution in [1.29, 1.82) is 0 Å². The molecular formula is C23H27FN4O2S. The van der Waals surface area contributed by atoms with Crippen LogP contribution in [0.4, 0.5) is 4.39 Å². The van der Waals surface area contributed by atoms with E-state index in [1.165, 1.54) is 23.9 Å². The SMILES string of the molecule is CCn1c(C)cc(C(=O)CSc2nnc(-c3ccc(F)cc3)n2CC2CCCO2)c1C. The highest BCUT2D eigenvalue weighted by Gasteiger charge is 2.23. The van der Waals surface area contributed by atoms with Crippen molar-refractivity contribution in [3.63, 3.8) is 0 Å². The Morgan fingerprint density at radius 1 is 1.23 bits per heavy atom. The molecule has 6 nitrogen and oxygen atoms in total. The Morgan fingerprint density at radius 3 is 2.65 bits per heavy atom. The number of aromatic nitrogens is 4. The molecule has 1 aliphatic heterocycles. The fourth-order valence-electron chi connectivity index (χ4n) is 4.14. The maximum atomic E-state index is 13.4. The second-order valence-corrected chi connectivity index (χ2v) is 8.74. The molecule has 0 amide bonds. The molecule has 2 aromatic heterocycles. The van der Waals surface area contributed by atoms with Gasteiger partial charge in [0, 0.05) is 35.7 Å². The molecule has 3 heterocycles. The molecule has 1 aromatic carbocycles. The molecule has 0 N–H and O–H groups in total. The van der Waals surface area contributed by atoms with Gasteiger partial charge in [-0.05, 0) is 63.9 Å². The second-order valence-electron chi connectivity index (χ2n) is 7.80. The van der Waals surface area contributed by atoms with Crippen molar-refractivity contribution in [2.75, 3.05) is 12.4 Å². The third-order valence-corrected chi connectivity index (χ3v) is 6.72. The predicted molar refractivity (Wildman–Crippen MR) is 119 cm³/mol. The molecular weight excluding hydrogens is 415 g/mol. The Balaban J connectivity index is 1.57. The first-order valence-corrected chi connectivity index (χ1v) is 11.6. The van der Waals surface area contributed by atoms with Crippen molar-refractivity contribution in [3.05, 3.63) is 53.1 Å². The number of rotatable bonds is 8. The van der Waals surface area contributed by atoms with Crippen LogP contribution in [0.5, 0.6) is 0 Å². The summed E-state index contributed by atoms with van der Waals surface area (Å²) in [5.41, 5.74) is 3.64. The van der Waals surface area contributed by atoms with Gasteiger partial charge in [-0.3, -0.25) is 9.36 Å². The van der Waals surface area contributed by atoms with Crippen LogP contribution in [-0.2, 0) is 17.8 Å². The Labute approximate surface area is 185 Å². The average molecular weight is 443 g/mol. The number of aryl methyl sites for hydroxylation is 1. The number of ether oxygens (including phenoxy) is 1. The average Bonchev–Trinajstić information content (AvgIpc) is 3.47. The Bertz CT molecular complexity index is 1070. The topological polar surface area (TPSA) is 61.9 Å². The number of ketones is 1. The molecule has 4 rings (SSSR count). The van der Waals surface area contributed by atoms with E-state index in [0.717, 1.165) is 48.5 Å². The van der Waals surface area contributed by atoms with Gasteiger partial charge in [0.05, 0.1) is 18.4 Å². The van der Waals surface area contributed by atoms with Gasteiger partial charge in [-0.15, -0.1) is 10.2 Å². The smallest absolute Gasteiger partial charge is 0.192 e. The molecule has 164 valence electrons. The third-order valence-electron chi connectivity index (χ3n) is 5.75. The van der Waals surface area contributed by atoms with Crippen molar-refractivity contribution >= 4 is 17.5 Å². The molecule has 0 spiro atoms. The minimum absolute atomic E-state index is 0.0767. The maximum absolute atomic E-state index is 13.4. The first kappa shape index (κ1) is 21.8. The van der Waals surface area contributed by atoms with Crippen molar-refractivity contribution < 1.29 is 13.9 Å². The summed E-state index contributed by atoms with van der Waals surface area (Å²) in [7, 11) is 0. The monoisotopic (exact) mass is 442 g/mol. The lowest BCUT2D eigenvalue weighted by Gasteiger charge is -2.14. The Kier molecular flexibility index (Phi) is 6.57. The zero-order valence-electron chi connectivity index (χ0n) is 18.1. The predicted octanol–water partition coefficient (Wildman–Crippen LogP) is 4.68. The van der Waals surface area contributed by atoms with Crippen LogP contribution in [0.1, 0.15) is 41.5 Å².